The molecule has 0 heterocycles. The number of benzene rings is 2. The summed E-state index contributed by atoms with van der Waals surface area (Å²) in [6, 6.07) is 13.5. The number of methoxy groups -OCH3 is 1. The van der Waals surface area contributed by atoms with Gasteiger partial charge in [0.25, 0.3) is 5.91 Å². The summed E-state index contributed by atoms with van der Waals surface area (Å²) in [5.41, 5.74) is 0.708. The molecule has 6 nitrogen and oxygen atoms in total. The lowest BCUT2D eigenvalue weighted by Gasteiger charge is -2.11. The Balaban J connectivity index is 2.25. The Hall–Kier alpha value is -3.28. The van der Waals surface area contributed by atoms with Crippen molar-refractivity contribution >= 4 is 18.0 Å². The Morgan fingerprint density at radius 2 is 1.85 bits per heavy atom. The molecule has 0 radical (unpaired) electrons. The summed E-state index contributed by atoms with van der Waals surface area (Å²) >= 11 is 0. The van der Waals surface area contributed by atoms with E-state index in [1.807, 2.05) is 6.92 Å². The van der Waals surface area contributed by atoms with E-state index in [1.54, 1.807) is 48.5 Å². The van der Waals surface area contributed by atoms with E-state index in [1.165, 1.54) is 13.2 Å². The molecule has 0 aliphatic carbocycles. The van der Waals surface area contributed by atoms with Crippen molar-refractivity contribution in [3.8, 4) is 11.5 Å². The molecule has 0 aromatic heterocycles. The number of hydrogen-bond acceptors (Lipinski definition) is 4. The Bertz CT molecular complexity index is 799. The Kier molecular flexibility index (Phi) is 6.79. The Morgan fingerprint density at radius 3 is 2.46 bits per heavy atom. The monoisotopic (exact) mass is 355 g/mol. The number of ether oxygens (including phenoxy) is 2. The number of nitrogens with one attached hydrogen (secondary N) is 1. The molecule has 2 aromatic rings. The highest BCUT2D eigenvalue weighted by molar-refractivity contribution is 6.02. The fourth-order valence-electron chi connectivity index (χ4n) is 2.21. The van der Waals surface area contributed by atoms with Crippen molar-refractivity contribution in [3.63, 3.8) is 0 Å². The minimum absolute atomic E-state index is 0.233. The molecular formula is C20H21NO5. The van der Waals surface area contributed by atoms with Crippen molar-refractivity contribution in [3.05, 3.63) is 65.4 Å². The highest BCUT2D eigenvalue weighted by atomic mass is 16.5. The lowest BCUT2D eigenvalue weighted by molar-refractivity contribution is -0.132. The van der Waals surface area contributed by atoms with Gasteiger partial charge >= 0.3 is 5.97 Å². The lowest BCUT2D eigenvalue weighted by Crippen LogP contribution is -2.27. The van der Waals surface area contributed by atoms with Crippen LogP contribution in [0.2, 0.25) is 0 Å². The predicted molar refractivity (Wildman–Crippen MR) is 98.3 cm³/mol. The third-order valence-corrected chi connectivity index (χ3v) is 3.47. The van der Waals surface area contributed by atoms with Crippen LogP contribution in [0.3, 0.4) is 0 Å². The van der Waals surface area contributed by atoms with Crippen LogP contribution in [0, 0.1) is 0 Å². The molecule has 2 N–H and O–H groups in total. The molecule has 0 saturated carbocycles. The van der Waals surface area contributed by atoms with Gasteiger partial charge in [-0.3, -0.25) is 4.79 Å². The average molecular weight is 355 g/mol. The third kappa shape index (κ3) is 5.11. The molecule has 2 aromatic carbocycles. The van der Waals surface area contributed by atoms with Crippen molar-refractivity contribution in [2.45, 2.75) is 13.3 Å². The molecule has 136 valence electrons. The zero-order valence-electron chi connectivity index (χ0n) is 14.7. The first-order chi connectivity index (χ1) is 12.5. The molecule has 0 spiro atoms. The molecule has 6 heteroatoms. The van der Waals surface area contributed by atoms with Gasteiger partial charge in [0.1, 0.15) is 5.70 Å². The van der Waals surface area contributed by atoms with Gasteiger partial charge in [-0.15, -0.1) is 0 Å². The summed E-state index contributed by atoms with van der Waals surface area (Å²) in [5.74, 6) is -0.656. The maximum Gasteiger partial charge on any atom is 0.352 e. The molecule has 0 unspecified atom stereocenters. The second-order valence-corrected chi connectivity index (χ2v) is 5.44. The molecule has 0 aliphatic rings. The second-order valence-electron chi connectivity index (χ2n) is 5.44. The zero-order valence-corrected chi connectivity index (χ0v) is 14.7. The van der Waals surface area contributed by atoms with E-state index in [0.717, 1.165) is 6.42 Å². The summed E-state index contributed by atoms with van der Waals surface area (Å²) in [4.78, 5) is 23.7. The number of carbonyl (C=O) groups excluding carboxylic acids is 1. The fraction of sp³-hybridized carbons (Fsp3) is 0.200. The molecule has 1 amide bonds. The standard InChI is InChI=1S/C20H21NO5/c1-3-11-26-17-10-9-14(13-18(17)25-2)12-16(20(23)24)21-19(22)15-7-5-4-6-8-15/h4-10,12-13H,3,11H2,1-2H3,(H,21,22)(H,23,24). The van der Waals surface area contributed by atoms with Crippen LogP contribution >= 0.6 is 0 Å². The van der Waals surface area contributed by atoms with Gasteiger partial charge in [0.05, 0.1) is 13.7 Å². The van der Waals surface area contributed by atoms with E-state index in [0.29, 0.717) is 29.2 Å². The largest absolute Gasteiger partial charge is 0.493 e. The summed E-state index contributed by atoms with van der Waals surface area (Å²) < 4.78 is 10.9. The van der Waals surface area contributed by atoms with E-state index < -0.39 is 11.9 Å². The van der Waals surface area contributed by atoms with Crippen molar-refractivity contribution < 1.29 is 24.2 Å². The van der Waals surface area contributed by atoms with Gasteiger partial charge in [0, 0.05) is 5.56 Å². The highest BCUT2D eigenvalue weighted by Crippen LogP contribution is 2.29. The van der Waals surface area contributed by atoms with Crippen LogP contribution in [0.5, 0.6) is 11.5 Å². The minimum Gasteiger partial charge on any atom is -0.493 e. The number of hydrogen-bond donors (Lipinski definition) is 2. The number of carboxylic acid groups (broad SMARTS) is 1. The minimum atomic E-state index is -1.24. The van der Waals surface area contributed by atoms with E-state index in [4.69, 9.17) is 9.47 Å². The quantitative estimate of drug-likeness (QED) is 0.710. The first-order valence-electron chi connectivity index (χ1n) is 8.17. The average Bonchev–Trinajstić information content (AvgIpc) is 2.66. The molecular weight excluding hydrogens is 334 g/mol. The van der Waals surface area contributed by atoms with E-state index in [2.05, 4.69) is 5.32 Å². The van der Waals surface area contributed by atoms with Crippen LogP contribution in [0.25, 0.3) is 6.08 Å². The summed E-state index contributed by atoms with van der Waals surface area (Å²) in [5, 5.41) is 11.8. The fourth-order valence-corrected chi connectivity index (χ4v) is 2.21. The smallest absolute Gasteiger partial charge is 0.352 e. The van der Waals surface area contributed by atoms with E-state index >= 15 is 0 Å². The summed E-state index contributed by atoms with van der Waals surface area (Å²) in [6.45, 7) is 2.55. The Morgan fingerprint density at radius 1 is 1.12 bits per heavy atom. The number of amides is 1. The summed E-state index contributed by atoms with van der Waals surface area (Å²) in [7, 11) is 1.51. The normalized spacial score (nSPS) is 10.9. The number of carboxylic acids is 1. The van der Waals surface area contributed by atoms with Gasteiger partial charge in [-0.25, -0.2) is 4.79 Å². The van der Waals surface area contributed by atoms with Crippen molar-refractivity contribution in [1.29, 1.82) is 0 Å². The van der Waals surface area contributed by atoms with Crippen molar-refractivity contribution in [2.24, 2.45) is 0 Å². The summed E-state index contributed by atoms with van der Waals surface area (Å²) in [6.07, 6.45) is 2.23. The number of carbonyl (C=O) groups is 2. The topological polar surface area (TPSA) is 84.9 Å². The molecule has 2 rings (SSSR count). The maximum absolute atomic E-state index is 12.2. The van der Waals surface area contributed by atoms with Gasteiger partial charge in [-0.1, -0.05) is 31.2 Å². The maximum atomic E-state index is 12.2. The van der Waals surface area contributed by atoms with E-state index in [9.17, 15) is 14.7 Å². The first kappa shape index (κ1) is 19.1. The van der Waals surface area contributed by atoms with Crippen LogP contribution in [0.15, 0.2) is 54.2 Å². The second kappa shape index (κ2) is 9.27. The molecule has 0 aliphatic heterocycles. The highest BCUT2D eigenvalue weighted by Gasteiger charge is 2.14. The van der Waals surface area contributed by atoms with Crippen LogP contribution in [-0.2, 0) is 4.79 Å². The molecule has 0 saturated heterocycles. The first-order valence-corrected chi connectivity index (χ1v) is 8.17. The number of aliphatic carboxylic acids is 1. The van der Waals surface area contributed by atoms with Gasteiger partial charge in [0.15, 0.2) is 11.5 Å². The molecule has 0 fully saturated rings. The van der Waals surface area contributed by atoms with Crippen LogP contribution in [0.1, 0.15) is 29.3 Å². The van der Waals surface area contributed by atoms with Crippen molar-refractivity contribution in [1.82, 2.24) is 5.32 Å². The van der Waals surface area contributed by atoms with Crippen LogP contribution in [-0.4, -0.2) is 30.7 Å². The van der Waals surface area contributed by atoms with Gasteiger partial charge in [0.2, 0.25) is 0 Å². The molecule has 0 atom stereocenters. The number of rotatable bonds is 8. The van der Waals surface area contributed by atoms with E-state index in [-0.39, 0.29) is 5.70 Å². The SMILES string of the molecule is CCCOc1ccc(C=C(NC(=O)c2ccccc2)C(=O)O)cc1OC. The Labute approximate surface area is 152 Å². The van der Waals surface area contributed by atoms with Gasteiger partial charge in [-0.2, -0.15) is 0 Å². The van der Waals surface area contributed by atoms with Gasteiger partial charge < -0.3 is 19.9 Å². The molecule has 26 heavy (non-hydrogen) atoms. The van der Waals surface area contributed by atoms with Crippen LogP contribution < -0.4 is 14.8 Å². The third-order valence-electron chi connectivity index (χ3n) is 3.47. The van der Waals surface area contributed by atoms with Gasteiger partial charge in [-0.05, 0) is 42.3 Å². The molecule has 0 bridgehead atoms. The predicted octanol–water partition coefficient (Wildman–Crippen LogP) is 3.34. The lowest BCUT2D eigenvalue weighted by atomic mass is 10.1. The zero-order chi connectivity index (χ0) is 18.9. The van der Waals surface area contributed by atoms with Crippen LogP contribution in [0.4, 0.5) is 0 Å². The van der Waals surface area contributed by atoms with Crippen molar-refractivity contribution in [2.75, 3.05) is 13.7 Å².